The highest BCUT2D eigenvalue weighted by Gasteiger charge is 2.34. The lowest BCUT2D eigenvalue weighted by Gasteiger charge is -2.15. The molecule has 0 spiro atoms. The van der Waals surface area contributed by atoms with Crippen molar-refractivity contribution < 1.29 is 33.4 Å². The van der Waals surface area contributed by atoms with Gasteiger partial charge in [-0.05, 0) is 84.5 Å². The second-order valence-electron chi connectivity index (χ2n) is 10.3. The predicted octanol–water partition coefficient (Wildman–Crippen LogP) is 5.90. The summed E-state index contributed by atoms with van der Waals surface area (Å²) in [5.74, 6) is 0.369. The first-order chi connectivity index (χ1) is 22.8. The maximum Gasteiger partial charge on any atom is 0.272 e. The molecule has 47 heavy (non-hydrogen) atoms. The molecule has 0 bridgehead atoms. The summed E-state index contributed by atoms with van der Waals surface area (Å²) < 4.78 is 16.3. The molecule has 4 amide bonds. The van der Waals surface area contributed by atoms with E-state index in [2.05, 4.69) is 10.6 Å². The Morgan fingerprint density at radius 3 is 1.96 bits per heavy atom. The van der Waals surface area contributed by atoms with Crippen LogP contribution in [0.3, 0.4) is 0 Å². The van der Waals surface area contributed by atoms with Crippen LogP contribution in [-0.2, 0) is 4.79 Å². The van der Waals surface area contributed by atoms with E-state index in [1.54, 1.807) is 90.6 Å². The van der Waals surface area contributed by atoms with Crippen LogP contribution in [0, 0.1) is 0 Å². The average Bonchev–Trinajstić information content (AvgIpc) is 3.35. The Morgan fingerprint density at radius 1 is 0.787 bits per heavy atom. The van der Waals surface area contributed by atoms with E-state index in [1.807, 2.05) is 12.1 Å². The van der Waals surface area contributed by atoms with Gasteiger partial charge in [0.2, 0.25) is 5.75 Å². The number of imide groups is 1. The van der Waals surface area contributed by atoms with E-state index in [1.165, 1.54) is 32.3 Å². The van der Waals surface area contributed by atoms with Crippen LogP contribution in [0.25, 0.3) is 6.08 Å². The van der Waals surface area contributed by atoms with Gasteiger partial charge in [0, 0.05) is 22.7 Å². The molecule has 2 N–H and O–H groups in total. The number of nitrogens with zero attached hydrogens (tertiary/aromatic N) is 1. The first-order valence-electron chi connectivity index (χ1n) is 14.7. The number of hydrogen-bond donors (Lipinski definition) is 2. The molecule has 0 unspecified atom stereocenters. The normalized spacial score (nSPS) is 12.4. The van der Waals surface area contributed by atoms with Crippen LogP contribution in [0.4, 0.5) is 5.69 Å². The molecular formula is C36H33N3O7S. The van der Waals surface area contributed by atoms with E-state index in [9.17, 15) is 19.2 Å². The number of hydrogen-bond acceptors (Lipinski definition) is 8. The summed E-state index contributed by atoms with van der Waals surface area (Å²) in [6.45, 7) is 0.337. The number of benzene rings is 4. The topological polar surface area (TPSA) is 123 Å². The van der Waals surface area contributed by atoms with E-state index >= 15 is 0 Å². The van der Waals surface area contributed by atoms with Gasteiger partial charge in [0.15, 0.2) is 11.5 Å². The summed E-state index contributed by atoms with van der Waals surface area (Å²) in [5, 5.41) is 5.58. The number of rotatable bonds is 13. The first kappa shape index (κ1) is 32.8. The van der Waals surface area contributed by atoms with Gasteiger partial charge in [-0.1, -0.05) is 30.3 Å². The number of nitrogens with one attached hydrogen (secondary N) is 2. The SMILES string of the molecule is COc1cc(/C=C(\NC(=O)c2ccccc2)C(=O)Nc2ccc(SCCCN3C(=O)c4ccccc4C3=O)cc2)cc(OC)c1OC. The van der Waals surface area contributed by atoms with Gasteiger partial charge in [0.25, 0.3) is 23.6 Å². The summed E-state index contributed by atoms with van der Waals surface area (Å²) >= 11 is 1.58. The summed E-state index contributed by atoms with van der Waals surface area (Å²) in [7, 11) is 4.48. The van der Waals surface area contributed by atoms with Crippen LogP contribution >= 0.6 is 11.8 Å². The minimum Gasteiger partial charge on any atom is -0.493 e. The number of carbonyl (C=O) groups is 4. The molecule has 1 aliphatic rings. The van der Waals surface area contributed by atoms with Gasteiger partial charge in [-0.2, -0.15) is 0 Å². The van der Waals surface area contributed by atoms with Gasteiger partial charge >= 0.3 is 0 Å². The Labute approximate surface area is 276 Å². The second-order valence-corrected chi connectivity index (χ2v) is 11.5. The van der Waals surface area contributed by atoms with E-state index in [0.717, 1.165) is 4.90 Å². The fourth-order valence-corrected chi connectivity index (χ4v) is 5.82. The van der Waals surface area contributed by atoms with Crippen molar-refractivity contribution >= 4 is 47.2 Å². The number of ether oxygens (including phenoxy) is 3. The third kappa shape index (κ3) is 7.64. The molecule has 4 aromatic carbocycles. The minimum absolute atomic E-state index is 0.000245. The van der Waals surface area contributed by atoms with E-state index in [4.69, 9.17) is 14.2 Å². The van der Waals surface area contributed by atoms with Crippen molar-refractivity contribution in [3.05, 3.63) is 119 Å². The zero-order valence-electron chi connectivity index (χ0n) is 26.1. The van der Waals surface area contributed by atoms with Gasteiger partial charge in [-0.3, -0.25) is 24.1 Å². The summed E-state index contributed by atoms with van der Waals surface area (Å²) in [6.07, 6.45) is 2.16. The number of methoxy groups -OCH3 is 3. The molecule has 0 atom stereocenters. The predicted molar refractivity (Wildman–Crippen MR) is 180 cm³/mol. The smallest absolute Gasteiger partial charge is 0.272 e. The van der Waals surface area contributed by atoms with Gasteiger partial charge < -0.3 is 24.8 Å². The number of amides is 4. The highest BCUT2D eigenvalue weighted by Crippen LogP contribution is 2.38. The maximum absolute atomic E-state index is 13.5. The van der Waals surface area contributed by atoms with E-state index in [0.29, 0.717) is 63.9 Å². The molecule has 0 aromatic heterocycles. The molecule has 4 aromatic rings. The van der Waals surface area contributed by atoms with E-state index < -0.39 is 11.8 Å². The molecule has 0 radical (unpaired) electrons. The Hall–Kier alpha value is -5.55. The molecule has 11 heteroatoms. The van der Waals surface area contributed by atoms with Crippen LogP contribution in [0.15, 0.2) is 102 Å². The van der Waals surface area contributed by atoms with Gasteiger partial charge in [0.05, 0.1) is 32.5 Å². The number of anilines is 1. The minimum atomic E-state index is -0.538. The highest BCUT2D eigenvalue weighted by molar-refractivity contribution is 7.99. The van der Waals surface area contributed by atoms with Crippen molar-refractivity contribution in [2.45, 2.75) is 11.3 Å². The number of fused-ring (bicyclic) bond motifs is 1. The zero-order valence-corrected chi connectivity index (χ0v) is 26.9. The first-order valence-corrected chi connectivity index (χ1v) is 15.7. The Bertz CT molecular complexity index is 1760. The molecular weight excluding hydrogens is 618 g/mol. The van der Waals surface area contributed by atoms with Crippen molar-refractivity contribution in [3.8, 4) is 17.2 Å². The number of thioether (sulfide) groups is 1. The Balaban J connectivity index is 1.25. The largest absolute Gasteiger partial charge is 0.493 e. The van der Waals surface area contributed by atoms with Crippen LogP contribution < -0.4 is 24.8 Å². The van der Waals surface area contributed by atoms with Crippen molar-refractivity contribution in [2.75, 3.05) is 38.9 Å². The van der Waals surface area contributed by atoms with Crippen molar-refractivity contribution in [1.29, 1.82) is 0 Å². The fourth-order valence-electron chi connectivity index (χ4n) is 4.98. The monoisotopic (exact) mass is 651 g/mol. The standard InChI is InChI=1S/C36H33N3O7S/c1-44-30-21-23(22-31(45-2)32(30)46-3)20-29(38-33(40)24-10-5-4-6-11-24)34(41)37-25-14-16-26(17-15-25)47-19-9-18-39-35(42)27-12-7-8-13-28(27)36(39)43/h4-8,10-17,20-22H,9,18-19H2,1-3H3,(H,37,41)(H,38,40)/b29-20-. The van der Waals surface area contributed by atoms with E-state index in [-0.39, 0.29) is 17.5 Å². The summed E-state index contributed by atoms with van der Waals surface area (Å²) in [5.41, 5.74) is 2.34. The number of carbonyl (C=O) groups excluding carboxylic acids is 4. The van der Waals surface area contributed by atoms with Crippen LogP contribution in [0.2, 0.25) is 0 Å². The van der Waals surface area contributed by atoms with Crippen LogP contribution in [0.1, 0.15) is 43.1 Å². The lowest BCUT2D eigenvalue weighted by molar-refractivity contribution is -0.113. The molecule has 10 nitrogen and oxygen atoms in total. The average molecular weight is 652 g/mol. The molecule has 1 heterocycles. The van der Waals surface area contributed by atoms with Crippen molar-refractivity contribution in [2.24, 2.45) is 0 Å². The lowest BCUT2D eigenvalue weighted by atomic mass is 10.1. The lowest BCUT2D eigenvalue weighted by Crippen LogP contribution is -2.31. The molecule has 5 rings (SSSR count). The summed E-state index contributed by atoms with van der Waals surface area (Å²) in [6, 6.07) is 26.0. The van der Waals surface area contributed by atoms with Crippen molar-refractivity contribution in [1.82, 2.24) is 10.2 Å². The second kappa shape index (κ2) is 15.2. The van der Waals surface area contributed by atoms with Crippen LogP contribution in [-0.4, -0.2) is 62.2 Å². The molecule has 240 valence electrons. The maximum atomic E-state index is 13.5. The highest BCUT2D eigenvalue weighted by atomic mass is 32.2. The molecule has 0 aliphatic carbocycles. The molecule has 1 aliphatic heterocycles. The molecule has 0 saturated heterocycles. The third-order valence-electron chi connectivity index (χ3n) is 7.31. The zero-order chi connectivity index (χ0) is 33.3. The van der Waals surface area contributed by atoms with Gasteiger partial charge in [-0.25, -0.2) is 0 Å². The molecule has 0 fully saturated rings. The van der Waals surface area contributed by atoms with Crippen molar-refractivity contribution in [3.63, 3.8) is 0 Å². The van der Waals surface area contributed by atoms with Crippen LogP contribution in [0.5, 0.6) is 17.2 Å². The third-order valence-corrected chi connectivity index (χ3v) is 8.41. The summed E-state index contributed by atoms with van der Waals surface area (Å²) in [4.78, 5) is 54.0. The Morgan fingerprint density at radius 2 is 1.38 bits per heavy atom. The Kier molecular flexibility index (Phi) is 10.6. The molecule has 0 saturated carbocycles. The fraction of sp³-hybridized carbons (Fsp3) is 0.167. The quantitative estimate of drug-likeness (QED) is 0.0793. The van der Waals surface area contributed by atoms with Gasteiger partial charge in [-0.15, -0.1) is 11.8 Å². The van der Waals surface area contributed by atoms with Gasteiger partial charge in [0.1, 0.15) is 5.70 Å².